The second kappa shape index (κ2) is 6.06. The van der Waals surface area contributed by atoms with E-state index in [0.717, 1.165) is 25.6 Å². The molecular weight excluding hydrogens is 172 g/mol. The highest BCUT2D eigenvalue weighted by molar-refractivity contribution is 4.90. The highest BCUT2D eigenvalue weighted by Gasteiger charge is 2.23. The molecule has 0 amide bonds. The molecule has 2 nitrogen and oxygen atoms in total. The van der Waals surface area contributed by atoms with Crippen molar-refractivity contribution in [1.82, 2.24) is 4.90 Å². The predicted molar refractivity (Wildman–Crippen MR) is 60.8 cm³/mol. The molecule has 14 heavy (non-hydrogen) atoms. The van der Waals surface area contributed by atoms with Gasteiger partial charge in [-0.1, -0.05) is 12.8 Å². The molecule has 1 atom stereocenters. The maximum Gasteiger partial charge on any atom is 0.0599 e. The van der Waals surface area contributed by atoms with Crippen LogP contribution < -0.4 is 5.73 Å². The molecule has 0 heterocycles. The first kappa shape index (κ1) is 11.6. The van der Waals surface area contributed by atoms with Gasteiger partial charge in [0.25, 0.3) is 0 Å². The van der Waals surface area contributed by atoms with Crippen LogP contribution in [-0.2, 0) is 0 Å². The highest BCUT2D eigenvalue weighted by Crippen LogP contribution is 2.29. The van der Waals surface area contributed by atoms with E-state index in [1.165, 1.54) is 25.8 Å². The van der Waals surface area contributed by atoms with Crippen LogP contribution in [0, 0.1) is 24.2 Å². The number of hydrogen-bond acceptors (Lipinski definition) is 2. The summed E-state index contributed by atoms with van der Waals surface area (Å²) in [5.74, 6) is 4.28. The van der Waals surface area contributed by atoms with E-state index in [1.807, 2.05) is 0 Å². The van der Waals surface area contributed by atoms with Crippen LogP contribution in [-0.4, -0.2) is 31.1 Å². The Morgan fingerprint density at radius 2 is 2.29 bits per heavy atom. The Morgan fingerprint density at radius 1 is 1.57 bits per heavy atom. The molecule has 1 unspecified atom stereocenters. The first-order valence-electron chi connectivity index (χ1n) is 5.62. The van der Waals surface area contributed by atoms with Gasteiger partial charge in [-0.05, 0) is 44.2 Å². The molecular formula is C12H22N2. The van der Waals surface area contributed by atoms with E-state index < -0.39 is 0 Å². The average Bonchev–Trinajstić information content (AvgIpc) is 2.98. The largest absolute Gasteiger partial charge is 0.330 e. The first-order chi connectivity index (χ1) is 6.76. The fourth-order valence-electron chi connectivity index (χ4n) is 1.55. The van der Waals surface area contributed by atoms with Gasteiger partial charge in [-0.3, -0.25) is 4.90 Å². The van der Waals surface area contributed by atoms with E-state index in [9.17, 15) is 0 Å². The van der Waals surface area contributed by atoms with Gasteiger partial charge in [0, 0.05) is 6.54 Å². The molecule has 1 saturated carbocycles. The Morgan fingerprint density at radius 3 is 2.79 bits per heavy atom. The summed E-state index contributed by atoms with van der Waals surface area (Å²) in [6.07, 6.45) is 9.31. The molecule has 2 heteroatoms. The topological polar surface area (TPSA) is 29.3 Å². The molecule has 2 N–H and O–H groups in total. The third kappa shape index (κ3) is 4.64. The highest BCUT2D eigenvalue weighted by atomic mass is 15.1. The standard InChI is InChI=1S/C12H22N2/c1-3-7-14(10-12-4-5-12)8-6-11(2)9-13/h1,11-12H,4-10,13H2,2H3. The molecule has 1 fully saturated rings. The lowest BCUT2D eigenvalue weighted by atomic mass is 10.1. The molecule has 0 bridgehead atoms. The zero-order valence-electron chi connectivity index (χ0n) is 9.21. The van der Waals surface area contributed by atoms with Gasteiger partial charge in [-0.25, -0.2) is 0 Å². The summed E-state index contributed by atoms with van der Waals surface area (Å²) < 4.78 is 0. The maximum absolute atomic E-state index is 5.59. The minimum atomic E-state index is 0.620. The second-order valence-corrected chi connectivity index (χ2v) is 4.51. The maximum atomic E-state index is 5.59. The van der Waals surface area contributed by atoms with Crippen LogP contribution in [0.3, 0.4) is 0 Å². The van der Waals surface area contributed by atoms with Crippen molar-refractivity contribution in [2.24, 2.45) is 17.6 Å². The van der Waals surface area contributed by atoms with E-state index in [2.05, 4.69) is 17.7 Å². The van der Waals surface area contributed by atoms with Crippen molar-refractivity contribution < 1.29 is 0 Å². The molecule has 80 valence electrons. The smallest absolute Gasteiger partial charge is 0.0599 e. The van der Waals surface area contributed by atoms with Crippen LogP contribution in [0.2, 0.25) is 0 Å². The van der Waals surface area contributed by atoms with Crippen molar-refractivity contribution in [3.05, 3.63) is 0 Å². The SMILES string of the molecule is C#CCN(CCC(C)CN)CC1CC1. The van der Waals surface area contributed by atoms with E-state index in [-0.39, 0.29) is 0 Å². The predicted octanol–water partition coefficient (Wildman–Crippen LogP) is 1.32. The van der Waals surface area contributed by atoms with E-state index in [1.54, 1.807) is 0 Å². The Balaban J connectivity index is 2.16. The van der Waals surface area contributed by atoms with Crippen molar-refractivity contribution in [2.45, 2.75) is 26.2 Å². The molecule has 1 rings (SSSR count). The average molecular weight is 194 g/mol. The van der Waals surface area contributed by atoms with Gasteiger partial charge in [-0.15, -0.1) is 6.42 Å². The van der Waals surface area contributed by atoms with E-state index in [0.29, 0.717) is 5.92 Å². The van der Waals surface area contributed by atoms with Gasteiger partial charge >= 0.3 is 0 Å². The third-order valence-electron chi connectivity index (χ3n) is 2.87. The monoisotopic (exact) mass is 194 g/mol. The van der Waals surface area contributed by atoms with Crippen molar-refractivity contribution in [3.8, 4) is 12.3 Å². The Labute approximate surface area is 87.8 Å². The Kier molecular flexibility index (Phi) is 5.00. The summed E-state index contributed by atoms with van der Waals surface area (Å²) in [7, 11) is 0. The van der Waals surface area contributed by atoms with Gasteiger partial charge < -0.3 is 5.73 Å². The Hall–Kier alpha value is -0.520. The fourth-order valence-corrected chi connectivity index (χ4v) is 1.55. The van der Waals surface area contributed by atoms with Crippen LogP contribution in [0.15, 0.2) is 0 Å². The normalized spacial score (nSPS) is 18.1. The van der Waals surface area contributed by atoms with Crippen molar-refractivity contribution >= 4 is 0 Å². The molecule has 0 saturated heterocycles. The van der Waals surface area contributed by atoms with Gasteiger partial charge in [0.05, 0.1) is 6.54 Å². The number of hydrogen-bond donors (Lipinski definition) is 1. The van der Waals surface area contributed by atoms with Gasteiger partial charge in [-0.2, -0.15) is 0 Å². The van der Waals surface area contributed by atoms with Crippen molar-refractivity contribution in [3.63, 3.8) is 0 Å². The summed E-state index contributed by atoms with van der Waals surface area (Å²) in [5.41, 5.74) is 5.59. The van der Waals surface area contributed by atoms with Crippen LogP contribution in [0.4, 0.5) is 0 Å². The van der Waals surface area contributed by atoms with Gasteiger partial charge in [0.1, 0.15) is 0 Å². The lowest BCUT2D eigenvalue weighted by Crippen LogP contribution is -2.29. The molecule has 0 aromatic heterocycles. The molecule has 0 aromatic carbocycles. The molecule has 1 aliphatic carbocycles. The van der Waals surface area contributed by atoms with Crippen molar-refractivity contribution in [1.29, 1.82) is 0 Å². The Bertz CT molecular complexity index is 191. The fraction of sp³-hybridized carbons (Fsp3) is 0.833. The van der Waals surface area contributed by atoms with E-state index in [4.69, 9.17) is 12.2 Å². The number of nitrogens with two attached hydrogens (primary N) is 1. The summed E-state index contributed by atoms with van der Waals surface area (Å²) in [6.45, 7) is 6.09. The van der Waals surface area contributed by atoms with Gasteiger partial charge in [0.15, 0.2) is 0 Å². The number of rotatable bonds is 7. The molecule has 1 aliphatic rings. The lowest BCUT2D eigenvalue weighted by molar-refractivity contribution is 0.273. The quantitative estimate of drug-likeness (QED) is 0.619. The zero-order valence-corrected chi connectivity index (χ0v) is 9.21. The zero-order chi connectivity index (χ0) is 10.4. The van der Waals surface area contributed by atoms with E-state index >= 15 is 0 Å². The third-order valence-corrected chi connectivity index (χ3v) is 2.87. The summed E-state index contributed by atoms with van der Waals surface area (Å²) in [4.78, 5) is 2.39. The second-order valence-electron chi connectivity index (χ2n) is 4.51. The molecule has 0 spiro atoms. The first-order valence-corrected chi connectivity index (χ1v) is 5.62. The summed E-state index contributed by atoms with van der Waals surface area (Å²) in [6, 6.07) is 0. The molecule has 0 aromatic rings. The summed E-state index contributed by atoms with van der Waals surface area (Å²) in [5, 5.41) is 0. The van der Waals surface area contributed by atoms with Crippen LogP contribution in [0.1, 0.15) is 26.2 Å². The number of terminal acetylenes is 1. The van der Waals surface area contributed by atoms with Crippen molar-refractivity contribution in [2.75, 3.05) is 26.2 Å². The number of nitrogens with zero attached hydrogens (tertiary/aromatic N) is 1. The van der Waals surface area contributed by atoms with Crippen LogP contribution in [0.5, 0.6) is 0 Å². The molecule has 0 radical (unpaired) electrons. The van der Waals surface area contributed by atoms with Crippen LogP contribution in [0.25, 0.3) is 0 Å². The minimum absolute atomic E-state index is 0.620. The van der Waals surface area contributed by atoms with Crippen LogP contribution >= 0.6 is 0 Å². The lowest BCUT2D eigenvalue weighted by Gasteiger charge is -2.21. The van der Waals surface area contributed by atoms with Gasteiger partial charge in [0.2, 0.25) is 0 Å². The minimum Gasteiger partial charge on any atom is -0.330 e. The molecule has 0 aliphatic heterocycles. The summed E-state index contributed by atoms with van der Waals surface area (Å²) >= 11 is 0.